The zero-order valence-electron chi connectivity index (χ0n) is 7.50. The van der Waals surface area contributed by atoms with Gasteiger partial charge < -0.3 is 5.73 Å². The monoisotopic (exact) mass is 173 g/mol. The van der Waals surface area contributed by atoms with Crippen LogP contribution in [0.25, 0.3) is 0 Å². The first-order valence-corrected chi connectivity index (χ1v) is 4.02. The van der Waals surface area contributed by atoms with Crippen LogP contribution in [0.5, 0.6) is 0 Å². The number of nitrogens with two attached hydrogens (primary N) is 1. The third-order valence-electron chi connectivity index (χ3n) is 1.72. The number of hydrogen-bond acceptors (Lipinski definition) is 2. The van der Waals surface area contributed by atoms with Crippen LogP contribution in [0.1, 0.15) is 21.5 Å². The van der Waals surface area contributed by atoms with Crippen LogP contribution >= 0.6 is 0 Å². The molecule has 2 heteroatoms. The summed E-state index contributed by atoms with van der Waals surface area (Å²) in [4.78, 5) is 10.5. The van der Waals surface area contributed by atoms with E-state index < -0.39 is 0 Å². The van der Waals surface area contributed by atoms with E-state index >= 15 is 0 Å². The van der Waals surface area contributed by atoms with Crippen molar-refractivity contribution in [1.29, 1.82) is 0 Å². The van der Waals surface area contributed by atoms with Crippen molar-refractivity contribution >= 4 is 6.29 Å². The van der Waals surface area contributed by atoms with Gasteiger partial charge in [0.2, 0.25) is 0 Å². The van der Waals surface area contributed by atoms with E-state index in [4.69, 9.17) is 5.73 Å². The van der Waals surface area contributed by atoms with Gasteiger partial charge in [-0.15, -0.1) is 0 Å². The maximum atomic E-state index is 10.5. The normalized spacial score (nSPS) is 8.77. The number of carbonyl (C=O) groups is 1. The molecule has 0 saturated heterocycles. The third kappa shape index (κ3) is 2.43. The van der Waals surface area contributed by atoms with E-state index in [2.05, 4.69) is 11.8 Å². The smallest absolute Gasteiger partial charge is 0.150 e. The van der Waals surface area contributed by atoms with Gasteiger partial charge in [0.15, 0.2) is 0 Å². The van der Waals surface area contributed by atoms with E-state index in [0.29, 0.717) is 12.1 Å². The minimum absolute atomic E-state index is 0.338. The second kappa shape index (κ2) is 4.44. The fourth-order valence-electron chi connectivity index (χ4n) is 0.994. The lowest BCUT2D eigenvalue weighted by molar-refractivity contribution is 0.112. The maximum Gasteiger partial charge on any atom is 0.150 e. The predicted octanol–water partition coefficient (Wildman–Crippen LogP) is 1.12. The number of aryl methyl sites for hydroxylation is 1. The standard InChI is InChI=1S/C11H11NO/c1-9-4-5-10(8-13)7-11(9)3-2-6-12/h4-5,7-8H,6,12H2,1H3. The second-order valence-electron chi connectivity index (χ2n) is 2.70. The van der Waals surface area contributed by atoms with Crippen molar-refractivity contribution in [3.63, 3.8) is 0 Å². The van der Waals surface area contributed by atoms with Gasteiger partial charge in [-0.1, -0.05) is 24.0 Å². The fraction of sp³-hybridized carbons (Fsp3) is 0.182. The molecule has 0 aliphatic rings. The lowest BCUT2D eigenvalue weighted by Gasteiger charge is -1.97. The molecule has 0 spiro atoms. The highest BCUT2D eigenvalue weighted by Gasteiger charge is 1.95. The van der Waals surface area contributed by atoms with Crippen LogP contribution in [0.15, 0.2) is 18.2 Å². The molecule has 1 rings (SSSR count). The molecule has 2 N–H and O–H groups in total. The summed E-state index contributed by atoms with van der Waals surface area (Å²) in [6.45, 7) is 2.29. The van der Waals surface area contributed by atoms with Crippen molar-refractivity contribution in [3.05, 3.63) is 34.9 Å². The molecule has 1 aromatic rings. The first kappa shape index (κ1) is 9.50. The van der Waals surface area contributed by atoms with Crippen molar-refractivity contribution in [2.75, 3.05) is 6.54 Å². The zero-order valence-corrected chi connectivity index (χ0v) is 7.50. The van der Waals surface area contributed by atoms with Gasteiger partial charge in [0, 0.05) is 11.1 Å². The molecule has 0 aromatic heterocycles. The van der Waals surface area contributed by atoms with Crippen LogP contribution in [-0.2, 0) is 0 Å². The highest BCUT2D eigenvalue weighted by molar-refractivity contribution is 5.75. The molecule has 2 nitrogen and oxygen atoms in total. The molecule has 0 saturated carbocycles. The Morgan fingerprint density at radius 3 is 2.92 bits per heavy atom. The molecule has 0 unspecified atom stereocenters. The van der Waals surface area contributed by atoms with Gasteiger partial charge in [0.1, 0.15) is 6.29 Å². The van der Waals surface area contributed by atoms with Gasteiger partial charge in [-0.2, -0.15) is 0 Å². The Labute approximate surface area is 77.8 Å². The third-order valence-corrected chi connectivity index (χ3v) is 1.72. The highest BCUT2D eigenvalue weighted by Crippen LogP contribution is 2.08. The van der Waals surface area contributed by atoms with Crippen LogP contribution in [0, 0.1) is 18.8 Å². The van der Waals surface area contributed by atoms with Gasteiger partial charge in [-0.3, -0.25) is 4.79 Å². The van der Waals surface area contributed by atoms with Crippen LogP contribution < -0.4 is 5.73 Å². The molecule has 13 heavy (non-hydrogen) atoms. The first-order valence-electron chi connectivity index (χ1n) is 4.02. The summed E-state index contributed by atoms with van der Waals surface area (Å²) in [6.07, 6.45) is 0.813. The van der Waals surface area contributed by atoms with E-state index in [0.717, 1.165) is 17.4 Å². The van der Waals surface area contributed by atoms with Gasteiger partial charge in [-0.25, -0.2) is 0 Å². The molecule has 0 aliphatic carbocycles. The molecular weight excluding hydrogens is 162 g/mol. The molecule has 0 aliphatic heterocycles. The zero-order chi connectivity index (χ0) is 9.68. The predicted molar refractivity (Wildman–Crippen MR) is 52.5 cm³/mol. The Bertz CT molecular complexity index is 371. The molecule has 0 heterocycles. The largest absolute Gasteiger partial charge is 0.320 e. The average molecular weight is 173 g/mol. The maximum absolute atomic E-state index is 10.5. The summed E-state index contributed by atoms with van der Waals surface area (Å²) in [6, 6.07) is 5.42. The Kier molecular flexibility index (Phi) is 3.24. The lowest BCUT2D eigenvalue weighted by atomic mass is 10.1. The summed E-state index contributed by atoms with van der Waals surface area (Å²) in [5, 5.41) is 0. The topological polar surface area (TPSA) is 43.1 Å². The van der Waals surface area contributed by atoms with Crippen LogP contribution in [0.4, 0.5) is 0 Å². The molecular formula is C11H11NO. The summed E-state index contributed by atoms with van der Waals surface area (Å²) in [7, 11) is 0. The van der Waals surface area contributed by atoms with Crippen molar-refractivity contribution in [3.8, 4) is 11.8 Å². The van der Waals surface area contributed by atoms with Crippen molar-refractivity contribution in [2.45, 2.75) is 6.92 Å². The van der Waals surface area contributed by atoms with E-state index in [-0.39, 0.29) is 0 Å². The summed E-state index contributed by atoms with van der Waals surface area (Å²) in [5.74, 6) is 5.67. The molecule has 0 radical (unpaired) electrons. The Morgan fingerprint density at radius 2 is 2.31 bits per heavy atom. The number of aldehydes is 1. The van der Waals surface area contributed by atoms with Gasteiger partial charge in [0.25, 0.3) is 0 Å². The highest BCUT2D eigenvalue weighted by atomic mass is 16.1. The van der Waals surface area contributed by atoms with E-state index in [9.17, 15) is 4.79 Å². The SMILES string of the molecule is Cc1ccc(C=O)cc1C#CCN. The fourth-order valence-corrected chi connectivity index (χ4v) is 0.994. The molecule has 0 fully saturated rings. The van der Waals surface area contributed by atoms with Gasteiger partial charge in [0.05, 0.1) is 6.54 Å². The Balaban J connectivity index is 3.11. The molecule has 0 amide bonds. The van der Waals surface area contributed by atoms with Crippen molar-refractivity contribution in [1.82, 2.24) is 0 Å². The molecule has 0 bridgehead atoms. The van der Waals surface area contributed by atoms with Crippen molar-refractivity contribution in [2.24, 2.45) is 5.73 Å². The molecule has 66 valence electrons. The van der Waals surface area contributed by atoms with Crippen LogP contribution in [0.3, 0.4) is 0 Å². The van der Waals surface area contributed by atoms with Crippen molar-refractivity contribution < 1.29 is 4.79 Å². The van der Waals surface area contributed by atoms with E-state index in [1.54, 1.807) is 12.1 Å². The summed E-state index contributed by atoms with van der Waals surface area (Å²) >= 11 is 0. The van der Waals surface area contributed by atoms with E-state index in [1.807, 2.05) is 13.0 Å². The van der Waals surface area contributed by atoms with Gasteiger partial charge >= 0.3 is 0 Å². The Morgan fingerprint density at radius 1 is 1.54 bits per heavy atom. The molecule has 1 aromatic carbocycles. The summed E-state index contributed by atoms with van der Waals surface area (Å²) < 4.78 is 0. The van der Waals surface area contributed by atoms with Crippen LogP contribution in [0.2, 0.25) is 0 Å². The number of carbonyl (C=O) groups excluding carboxylic acids is 1. The van der Waals surface area contributed by atoms with Gasteiger partial charge in [-0.05, 0) is 18.6 Å². The molecule has 0 atom stereocenters. The average Bonchev–Trinajstić information content (AvgIpc) is 2.17. The summed E-state index contributed by atoms with van der Waals surface area (Å²) in [5.41, 5.74) is 7.83. The number of benzene rings is 1. The Hall–Kier alpha value is -1.59. The van der Waals surface area contributed by atoms with Crippen LogP contribution in [-0.4, -0.2) is 12.8 Å². The number of hydrogen-bond donors (Lipinski definition) is 1. The van der Waals surface area contributed by atoms with E-state index in [1.165, 1.54) is 0 Å². The number of rotatable bonds is 1. The lowest BCUT2D eigenvalue weighted by Crippen LogP contribution is -1.94. The minimum atomic E-state index is 0.338. The minimum Gasteiger partial charge on any atom is -0.320 e. The first-order chi connectivity index (χ1) is 6.27. The quantitative estimate of drug-likeness (QED) is 0.510. The second-order valence-corrected chi connectivity index (χ2v) is 2.70.